The minimum atomic E-state index is -0.847. The van der Waals surface area contributed by atoms with Crippen LogP contribution in [0.15, 0.2) is 4.99 Å². The van der Waals surface area contributed by atoms with Gasteiger partial charge in [-0.05, 0) is 13.3 Å². The van der Waals surface area contributed by atoms with Crippen molar-refractivity contribution >= 4 is 16.9 Å². The molecule has 0 radical (unpaired) electrons. The second-order valence-corrected chi connectivity index (χ2v) is 5.49. The van der Waals surface area contributed by atoms with Gasteiger partial charge in [0.25, 0.3) is 0 Å². The maximum absolute atomic E-state index is 9.94. The molecular weight excluding hydrogens is 228 g/mol. The predicted octanol–water partition coefficient (Wildman–Crippen LogP) is -0.830. The first-order valence-corrected chi connectivity index (χ1v) is 6.50. The van der Waals surface area contributed by atoms with Crippen LogP contribution in [0.1, 0.15) is 13.3 Å². The SMILES string of the molecule is CCN=C1NC2C(CC(CO)C(O)C2O)S1. The lowest BCUT2D eigenvalue weighted by Crippen LogP contribution is -2.56. The Morgan fingerprint density at radius 3 is 2.81 bits per heavy atom. The Balaban J connectivity index is 2.10. The number of nitrogens with zero attached hydrogens (tertiary/aromatic N) is 1. The summed E-state index contributed by atoms with van der Waals surface area (Å²) >= 11 is 1.60. The number of aliphatic hydroxyl groups excluding tert-OH is 3. The topological polar surface area (TPSA) is 85.1 Å². The van der Waals surface area contributed by atoms with E-state index in [2.05, 4.69) is 10.3 Å². The largest absolute Gasteiger partial charge is 0.396 e. The van der Waals surface area contributed by atoms with E-state index in [4.69, 9.17) is 5.11 Å². The number of aliphatic hydroxyl groups is 3. The number of aliphatic imine (C=N–C) groups is 1. The predicted molar refractivity (Wildman–Crippen MR) is 63.5 cm³/mol. The highest BCUT2D eigenvalue weighted by Crippen LogP contribution is 2.37. The minimum Gasteiger partial charge on any atom is -0.396 e. The lowest BCUT2D eigenvalue weighted by atomic mass is 9.81. The van der Waals surface area contributed by atoms with E-state index in [0.717, 1.165) is 5.17 Å². The van der Waals surface area contributed by atoms with E-state index in [1.807, 2.05) is 6.92 Å². The van der Waals surface area contributed by atoms with Gasteiger partial charge >= 0.3 is 0 Å². The van der Waals surface area contributed by atoms with Crippen molar-refractivity contribution in [1.29, 1.82) is 0 Å². The van der Waals surface area contributed by atoms with Gasteiger partial charge in [0, 0.05) is 24.3 Å². The number of amidine groups is 1. The Labute approximate surface area is 99.0 Å². The number of hydrogen-bond acceptors (Lipinski definition) is 5. The Kier molecular flexibility index (Phi) is 3.73. The van der Waals surface area contributed by atoms with Gasteiger partial charge in [-0.2, -0.15) is 0 Å². The molecule has 2 fully saturated rings. The molecule has 0 aromatic carbocycles. The van der Waals surface area contributed by atoms with Gasteiger partial charge in [-0.25, -0.2) is 0 Å². The number of hydrogen-bond donors (Lipinski definition) is 4. The number of nitrogens with one attached hydrogen (secondary N) is 1. The second-order valence-electron chi connectivity index (χ2n) is 4.27. The Morgan fingerprint density at radius 2 is 2.19 bits per heavy atom. The third-order valence-electron chi connectivity index (χ3n) is 3.23. The summed E-state index contributed by atoms with van der Waals surface area (Å²) in [5.41, 5.74) is 0. The van der Waals surface area contributed by atoms with Gasteiger partial charge < -0.3 is 20.6 Å². The van der Waals surface area contributed by atoms with Crippen molar-refractivity contribution in [2.75, 3.05) is 13.2 Å². The molecule has 1 saturated carbocycles. The molecule has 1 aliphatic carbocycles. The molecule has 2 rings (SSSR count). The first-order chi connectivity index (χ1) is 7.67. The molecule has 0 amide bonds. The maximum atomic E-state index is 9.94. The van der Waals surface area contributed by atoms with Crippen LogP contribution in [-0.4, -0.2) is 57.1 Å². The van der Waals surface area contributed by atoms with Crippen LogP contribution >= 0.6 is 11.8 Å². The van der Waals surface area contributed by atoms with E-state index in [9.17, 15) is 10.2 Å². The molecule has 0 spiro atoms. The molecule has 1 saturated heterocycles. The number of thioether (sulfide) groups is 1. The number of fused-ring (bicyclic) bond motifs is 1. The van der Waals surface area contributed by atoms with Crippen molar-refractivity contribution in [3.8, 4) is 0 Å². The Hall–Kier alpha value is -0.300. The second kappa shape index (κ2) is 4.91. The third-order valence-corrected chi connectivity index (χ3v) is 4.48. The van der Waals surface area contributed by atoms with Gasteiger partial charge in [0.2, 0.25) is 0 Å². The fraction of sp³-hybridized carbons (Fsp3) is 0.900. The van der Waals surface area contributed by atoms with Crippen molar-refractivity contribution in [1.82, 2.24) is 5.32 Å². The highest BCUT2D eigenvalue weighted by atomic mass is 32.2. The molecule has 0 aromatic rings. The molecule has 2 aliphatic rings. The normalized spacial score (nSPS) is 45.5. The molecule has 6 heteroatoms. The van der Waals surface area contributed by atoms with Crippen molar-refractivity contribution in [3.05, 3.63) is 0 Å². The lowest BCUT2D eigenvalue weighted by molar-refractivity contribution is -0.0680. The van der Waals surface area contributed by atoms with Crippen molar-refractivity contribution in [2.45, 2.75) is 36.8 Å². The zero-order chi connectivity index (χ0) is 11.7. The maximum Gasteiger partial charge on any atom is 0.157 e. The average molecular weight is 246 g/mol. The fourth-order valence-electron chi connectivity index (χ4n) is 2.32. The van der Waals surface area contributed by atoms with E-state index < -0.39 is 12.2 Å². The molecule has 5 atom stereocenters. The van der Waals surface area contributed by atoms with Crippen LogP contribution in [0, 0.1) is 5.92 Å². The van der Waals surface area contributed by atoms with Crippen LogP contribution in [0.4, 0.5) is 0 Å². The average Bonchev–Trinajstić information content (AvgIpc) is 2.67. The fourth-order valence-corrected chi connectivity index (χ4v) is 3.74. The van der Waals surface area contributed by atoms with E-state index in [-0.39, 0.29) is 23.8 Å². The quantitative estimate of drug-likeness (QED) is 0.511. The first kappa shape index (κ1) is 12.2. The molecule has 5 unspecified atom stereocenters. The van der Waals surface area contributed by atoms with Crippen LogP contribution in [-0.2, 0) is 0 Å². The van der Waals surface area contributed by atoms with Crippen molar-refractivity contribution < 1.29 is 15.3 Å². The summed E-state index contributed by atoms with van der Waals surface area (Å²) in [7, 11) is 0. The molecule has 1 heterocycles. The number of rotatable bonds is 2. The highest BCUT2D eigenvalue weighted by molar-refractivity contribution is 8.14. The molecular formula is C10H18N2O3S. The summed E-state index contributed by atoms with van der Waals surface area (Å²) in [5, 5.41) is 33.1. The monoisotopic (exact) mass is 246 g/mol. The Morgan fingerprint density at radius 1 is 1.44 bits per heavy atom. The van der Waals surface area contributed by atoms with Gasteiger partial charge in [0.05, 0.1) is 12.1 Å². The van der Waals surface area contributed by atoms with E-state index in [1.165, 1.54) is 0 Å². The molecule has 92 valence electrons. The molecule has 1 aliphatic heterocycles. The van der Waals surface area contributed by atoms with Crippen molar-refractivity contribution in [2.24, 2.45) is 10.9 Å². The zero-order valence-corrected chi connectivity index (χ0v) is 10.0. The van der Waals surface area contributed by atoms with E-state index in [1.54, 1.807) is 11.8 Å². The Bertz CT molecular complexity index is 287. The van der Waals surface area contributed by atoms with Gasteiger partial charge in [0.1, 0.15) is 6.10 Å². The standard InChI is InChI=1S/C10H18N2O3S/c1-2-11-10-12-7-6(16-10)3-5(4-13)8(14)9(7)15/h5-9,13-15H,2-4H2,1H3,(H,11,12). The summed E-state index contributed by atoms with van der Waals surface area (Å²) < 4.78 is 0. The van der Waals surface area contributed by atoms with Crippen LogP contribution in [0.2, 0.25) is 0 Å². The van der Waals surface area contributed by atoms with Gasteiger partial charge in [-0.3, -0.25) is 4.99 Å². The molecule has 16 heavy (non-hydrogen) atoms. The smallest absolute Gasteiger partial charge is 0.157 e. The summed E-state index contributed by atoms with van der Waals surface area (Å²) in [5.74, 6) is -0.230. The highest BCUT2D eigenvalue weighted by Gasteiger charge is 2.47. The zero-order valence-electron chi connectivity index (χ0n) is 9.21. The lowest BCUT2D eigenvalue weighted by Gasteiger charge is -2.37. The van der Waals surface area contributed by atoms with Gasteiger partial charge in [-0.15, -0.1) is 0 Å². The molecule has 4 N–H and O–H groups in total. The molecule has 0 aromatic heterocycles. The first-order valence-electron chi connectivity index (χ1n) is 5.62. The summed E-state index contributed by atoms with van der Waals surface area (Å²) in [4.78, 5) is 4.27. The van der Waals surface area contributed by atoms with Crippen LogP contribution < -0.4 is 5.32 Å². The van der Waals surface area contributed by atoms with Crippen LogP contribution in [0.25, 0.3) is 0 Å². The van der Waals surface area contributed by atoms with Crippen molar-refractivity contribution in [3.63, 3.8) is 0 Å². The van der Waals surface area contributed by atoms with E-state index >= 15 is 0 Å². The third kappa shape index (κ3) is 2.07. The van der Waals surface area contributed by atoms with Crippen LogP contribution in [0.3, 0.4) is 0 Å². The minimum absolute atomic E-state index is 0.0811. The summed E-state index contributed by atoms with van der Waals surface area (Å²) in [6.07, 6.45) is -0.965. The van der Waals surface area contributed by atoms with Crippen LogP contribution in [0.5, 0.6) is 0 Å². The summed E-state index contributed by atoms with van der Waals surface area (Å²) in [6, 6.07) is -0.145. The molecule has 0 bridgehead atoms. The van der Waals surface area contributed by atoms with Gasteiger partial charge in [0.15, 0.2) is 5.17 Å². The van der Waals surface area contributed by atoms with Gasteiger partial charge in [-0.1, -0.05) is 11.8 Å². The molecule has 5 nitrogen and oxygen atoms in total. The van der Waals surface area contributed by atoms with E-state index in [0.29, 0.717) is 13.0 Å². The summed E-state index contributed by atoms with van der Waals surface area (Å²) in [6.45, 7) is 2.58.